The quantitative estimate of drug-likeness (QED) is 0.694. The summed E-state index contributed by atoms with van der Waals surface area (Å²) in [6.07, 6.45) is 0. The van der Waals surface area contributed by atoms with E-state index in [0.717, 1.165) is 11.1 Å². The van der Waals surface area contributed by atoms with Gasteiger partial charge in [0.2, 0.25) is 0 Å². The SMILES string of the molecule is Cc1ccc(C(=O)NCc2ccc(Cl)cc2)c([N+](=O)[O-])c1. The van der Waals surface area contributed by atoms with Crippen LogP contribution in [-0.2, 0) is 6.54 Å². The number of aryl methyl sites for hydroxylation is 1. The van der Waals surface area contributed by atoms with Crippen LogP contribution in [0.4, 0.5) is 5.69 Å². The van der Waals surface area contributed by atoms with Gasteiger partial charge >= 0.3 is 0 Å². The summed E-state index contributed by atoms with van der Waals surface area (Å²) in [5.41, 5.74) is 1.46. The van der Waals surface area contributed by atoms with Crippen LogP contribution in [0, 0.1) is 17.0 Å². The van der Waals surface area contributed by atoms with Crippen LogP contribution >= 0.6 is 11.6 Å². The minimum Gasteiger partial charge on any atom is -0.348 e. The summed E-state index contributed by atoms with van der Waals surface area (Å²) in [4.78, 5) is 22.5. The normalized spacial score (nSPS) is 10.2. The lowest BCUT2D eigenvalue weighted by atomic mass is 10.1. The molecule has 0 bridgehead atoms. The van der Waals surface area contributed by atoms with Crippen LogP contribution in [0.25, 0.3) is 0 Å². The van der Waals surface area contributed by atoms with E-state index in [4.69, 9.17) is 11.6 Å². The third kappa shape index (κ3) is 3.79. The molecule has 0 aromatic heterocycles. The largest absolute Gasteiger partial charge is 0.348 e. The monoisotopic (exact) mass is 304 g/mol. The molecular weight excluding hydrogens is 292 g/mol. The van der Waals surface area contributed by atoms with Crippen molar-refractivity contribution in [3.63, 3.8) is 0 Å². The Balaban J connectivity index is 2.13. The smallest absolute Gasteiger partial charge is 0.282 e. The number of nitrogens with one attached hydrogen (secondary N) is 1. The molecule has 0 saturated heterocycles. The Hall–Kier alpha value is -2.40. The molecule has 5 nitrogen and oxygen atoms in total. The van der Waals surface area contributed by atoms with Crippen LogP contribution in [0.2, 0.25) is 5.02 Å². The third-order valence-electron chi connectivity index (χ3n) is 2.96. The number of hydrogen-bond acceptors (Lipinski definition) is 3. The van der Waals surface area contributed by atoms with Gasteiger partial charge in [0.15, 0.2) is 0 Å². The molecule has 0 aliphatic carbocycles. The van der Waals surface area contributed by atoms with E-state index in [0.29, 0.717) is 5.02 Å². The Morgan fingerprint density at radius 2 is 1.90 bits per heavy atom. The van der Waals surface area contributed by atoms with E-state index in [9.17, 15) is 14.9 Å². The molecule has 0 atom stereocenters. The molecule has 21 heavy (non-hydrogen) atoms. The highest BCUT2D eigenvalue weighted by molar-refractivity contribution is 6.30. The lowest BCUT2D eigenvalue weighted by molar-refractivity contribution is -0.385. The molecule has 0 saturated carbocycles. The topological polar surface area (TPSA) is 72.2 Å². The number of amides is 1. The Bertz CT molecular complexity index is 684. The van der Waals surface area contributed by atoms with Crippen molar-refractivity contribution in [2.24, 2.45) is 0 Å². The first-order valence-corrected chi connectivity index (χ1v) is 6.63. The van der Waals surface area contributed by atoms with E-state index >= 15 is 0 Å². The number of nitro benzene ring substituents is 1. The van der Waals surface area contributed by atoms with Crippen LogP contribution in [-0.4, -0.2) is 10.8 Å². The highest BCUT2D eigenvalue weighted by Crippen LogP contribution is 2.20. The fraction of sp³-hybridized carbons (Fsp3) is 0.133. The zero-order valence-electron chi connectivity index (χ0n) is 11.3. The van der Waals surface area contributed by atoms with Gasteiger partial charge in [-0.2, -0.15) is 0 Å². The van der Waals surface area contributed by atoms with E-state index in [1.54, 1.807) is 37.3 Å². The van der Waals surface area contributed by atoms with Crippen molar-refractivity contribution < 1.29 is 9.72 Å². The molecule has 108 valence electrons. The third-order valence-corrected chi connectivity index (χ3v) is 3.21. The molecule has 6 heteroatoms. The fourth-order valence-corrected chi connectivity index (χ4v) is 1.99. The van der Waals surface area contributed by atoms with Gasteiger partial charge in [-0.1, -0.05) is 29.8 Å². The second-order valence-corrected chi connectivity index (χ2v) is 5.02. The van der Waals surface area contributed by atoms with Gasteiger partial charge in [-0.05, 0) is 36.2 Å². The Morgan fingerprint density at radius 3 is 2.52 bits per heavy atom. The van der Waals surface area contributed by atoms with Gasteiger partial charge in [0.25, 0.3) is 11.6 Å². The molecule has 2 aromatic carbocycles. The minimum absolute atomic E-state index is 0.0552. The van der Waals surface area contributed by atoms with Crippen LogP contribution in [0.15, 0.2) is 42.5 Å². The van der Waals surface area contributed by atoms with Crippen molar-refractivity contribution in [2.45, 2.75) is 13.5 Å². The summed E-state index contributed by atoms with van der Waals surface area (Å²) in [7, 11) is 0. The summed E-state index contributed by atoms with van der Waals surface area (Å²) in [5, 5.41) is 14.3. The number of nitrogens with zero attached hydrogens (tertiary/aromatic N) is 1. The second-order valence-electron chi connectivity index (χ2n) is 4.59. The summed E-state index contributed by atoms with van der Waals surface area (Å²) >= 11 is 5.78. The maximum atomic E-state index is 12.1. The molecule has 0 heterocycles. The molecule has 1 amide bonds. The fourth-order valence-electron chi connectivity index (χ4n) is 1.86. The van der Waals surface area contributed by atoms with Gasteiger partial charge in [0.1, 0.15) is 5.56 Å². The summed E-state index contributed by atoms with van der Waals surface area (Å²) in [6.45, 7) is 2.02. The number of hydrogen-bond donors (Lipinski definition) is 1. The van der Waals surface area contributed by atoms with Crippen LogP contribution in [0.3, 0.4) is 0 Å². The maximum Gasteiger partial charge on any atom is 0.282 e. The van der Waals surface area contributed by atoms with Crippen molar-refractivity contribution in [1.82, 2.24) is 5.32 Å². The second kappa shape index (κ2) is 6.37. The van der Waals surface area contributed by atoms with Gasteiger partial charge in [0, 0.05) is 17.6 Å². The molecule has 0 spiro atoms. The predicted octanol–water partition coefficient (Wildman–Crippen LogP) is 3.49. The zero-order chi connectivity index (χ0) is 15.4. The zero-order valence-corrected chi connectivity index (χ0v) is 12.1. The summed E-state index contributed by atoms with van der Waals surface area (Å²) in [5.74, 6) is -0.475. The highest BCUT2D eigenvalue weighted by Gasteiger charge is 2.19. The molecule has 2 rings (SSSR count). The molecule has 2 aromatic rings. The van der Waals surface area contributed by atoms with E-state index in [1.807, 2.05) is 0 Å². The van der Waals surface area contributed by atoms with Gasteiger partial charge in [-0.3, -0.25) is 14.9 Å². The van der Waals surface area contributed by atoms with Crippen LogP contribution in [0.1, 0.15) is 21.5 Å². The molecular formula is C15H13ClN2O3. The first-order chi connectivity index (χ1) is 9.97. The summed E-state index contributed by atoms with van der Waals surface area (Å²) in [6, 6.07) is 11.5. The first-order valence-electron chi connectivity index (χ1n) is 6.25. The van der Waals surface area contributed by atoms with Gasteiger partial charge in [0.05, 0.1) is 4.92 Å². The lowest BCUT2D eigenvalue weighted by Gasteiger charge is -2.07. The van der Waals surface area contributed by atoms with E-state index in [1.165, 1.54) is 12.1 Å². The molecule has 1 N–H and O–H groups in total. The van der Waals surface area contributed by atoms with E-state index in [2.05, 4.69) is 5.32 Å². The highest BCUT2D eigenvalue weighted by atomic mass is 35.5. The predicted molar refractivity (Wildman–Crippen MR) is 80.5 cm³/mol. The van der Waals surface area contributed by atoms with E-state index in [-0.39, 0.29) is 17.8 Å². The van der Waals surface area contributed by atoms with Crippen molar-refractivity contribution in [1.29, 1.82) is 0 Å². The number of carbonyl (C=O) groups excluding carboxylic acids is 1. The molecule has 0 aliphatic rings. The number of halogens is 1. The van der Waals surface area contributed by atoms with Crippen molar-refractivity contribution >= 4 is 23.2 Å². The Labute approximate surface area is 126 Å². The van der Waals surface area contributed by atoms with Crippen molar-refractivity contribution in [3.05, 3.63) is 74.3 Å². The standard InChI is InChI=1S/C15H13ClN2O3/c1-10-2-7-13(14(8-10)18(20)21)15(19)17-9-11-3-5-12(16)6-4-11/h2-8H,9H2,1H3,(H,17,19). The lowest BCUT2D eigenvalue weighted by Crippen LogP contribution is -2.23. The summed E-state index contributed by atoms with van der Waals surface area (Å²) < 4.78 is 0. The number of nitro groups is 1. The molecule has 0 unspecified atom stereocenters. The van der Waals surface area contributed by atoms with Gasteiger partial charge in [-0.15, -0.1) is 0 Å². The first kappa shape index (κ1) is 15.0. The Kier molecular flexibility index (Phi) is 4.55. The molecule has 0 fully saturated rings. The average molecular weight is 305 g/mol. The van der Waals surface area contributed by atoms with Gasteiger partial charge in [-0.25, -0.2) is 0 Å². The van der Waals surface area contributed by atoms with Crippen LogP contribution in [0.5, 0.6) is 0 Å². The van der Waals surface area contributed by atoms with Crippen molar-refractivity contribution in [2.75, 3.05) is 0 Å². The van der Waals surface area contributed by atoms with Crippen LogP contribution < -0.4 is 5.32 Å². The molecule has 0 aliphatic heterocycles. The minimum atomic E-state index is -0.551. The molecule has 0 radical (unpaired) electrons. The maximum absolute atomic E-state index is 12.1. The van der Waals surface area contributed by atoms with Crippen molar-refractivity contribution in [3.8, 4) is 0 Å². The number of rotatable bonds is 4. The Morgan fingerprint density at radius 1 is 1.24 bits per heavy atom. The van der Waals surface area contributed by atoms with Gasteiger partial charge < -0.3 is 5.32 Å². The van der Waals surface area contributed by atoms with E-state index < -0.39 is 10.8 Å². The average Bonchev–Trinajstić information content (AvgIpc) is 2.46. The number of carbonyl (C=O) groups is 1. The number of benzene rings is 2.